The van der Waals surface area contributed by atoms with Gasteiger partial charge in [-0.1, -0.05) is 184 Å². The summed E-state index contributed by atoms with van der Waals surface area (Å²) in [4.78, 5) is 62.1. The van der Waals surface area contributed by atoms with Crippen molar-refractivity contribution in [3.63, 3.8) is 0 Å². The monoisotopic (exact) mass is 1060 g/mol. The fourth-order valence-electron chi connectivity index (χ4n) is 7.94. The lowest BCUT2D eigenvalue weighted by molar-refractivity contribution is -0.135. The average Bonchev–Trinajstić information content (AvgIpc) is 3.65. The number of hydrogen-bond donors (Lipinski definition) is 2. The van der Waals surface area contributed by atoms with Crippen LogP contribution in [-0.2, 0) is 20.4 Å². The van der Waals surface area contributed by atoms with Gasteiger partial charge in [-0.05, 0) is 96.7 Å². The Bertz CT molecular complexity index is 2640. The zero-order valence-corrected chi connectivity index (χ0v) is 46.5. The number of anilines is 2. The zero-order valence-electron chi connectivity index (χ0n) is 43.4. The maximum atomic E-state index is 14.5. The van der Waals surface area contributed by atoms with E-state index >= 15 is 0 Å². The minimum Gasteiger partial charge on any atom is -0.406 e. The van der Waals surface area contributed by atoms with E-state index in [0.29, 0.717) is 34.9 Å². The number of carbonyl (C=O) groups excluding carboxylic acids is 4. The summed E-state index contributed by atoms with van der Waals surface area (Å²) in [6, 6.07) is 22.6. The van der Waals surface area contributed by atoms with Crippen LogP contribution in [0.5, 0.6) is 11.6 Å². The first-order chi connectivity index (χ1) is 34.3. The third-order valence-electron chi connectivity index (χ3n) is 13.1. The Morgan fingerprint density at radius 1 is 0.708 bits per heavy atom. The van der Waals surface area contributed by atoms with Crippen LogP contribution in [0.2, 0.25) is 15.1 Å². The molecule has 0 saturated carbocycles. The molecule has 0 atom stereocenters. The number of esters is 1. The highest BCUT2D eigenvalue weighted by molar-refractivity contribution is 7.99. The van der Waals surface area contributed by atoms with Crippen molar-refractivity contribution in [1.29, 1.82) is 0 Å². The Labute approximate surface area is 446 Å². The molecule has 11 nitrogen and oxygen atoms in total. The van der Waals surface area contributed by atoms with Crippen LogP contribution in [0.15, 0.2) is 88.7 Å². The number of carbonyl (C=O) groups is 4. The van der Waals surface area contributed by atoms with Crippen LogP contribution >= 0.6 is 46.6 Å². The maximum absolute atomic E-state index is 14.5. The van der Waals surface area contributed by atoms with Crippen molar-refractivity contribution in [3.8, 4) is 17.3 Å². The van der Waals surface area contributed by atoms with Gasteiger partial charge in [-0.3, -0.25) is 19.2 Å². The molecule has 0 radical (unpaired) electrons. The number of hydrogen-bond acceptors (Lipinski definition) is 8. The van der Waals surface area contributed by atoms with Crippen molar-refractivity contribution in [2.75, 3.05) is 16.9 Å². The lowest BCUT2D eigenvalue weighted by atomic mass is 9.76. The second-order valence-corrected chi connectivity index (χ2v) is 21.8. The third-order valence-corrected chi connectivity index (χ3v) is 15.0. The van der Waals surface area contributed by atoms with Gasteiger partial charge >= 0.3 is 5.97 Å². The predicted molar refractivity (Wildman–Crippen MR) is 295 cm³/mol. The average molecular weight is 1060 g/mol. The van der Waals surface area contributed by atoms with Gasteiger partial charge in [-0.15, -0.1) is 10.2 Å². The Kier molecular flexibility index (Phi) is 22.0. The first-order valence-electron chi connectivity index (χ1n) is 25.4. The van der Waals surface area contributed by atoms with Crippen molar-refractivity contribution in [2.45, 2.75) is 173 Å². The Morgan fingerprint density at radius 2 is 1.32 bits per heavy atom. The number of halogens is 3. The van der Waals surface area contributed by atoms with E-state index in [1.54, 1.807) is 48.5 Å². The molecule has 388 valence electrons. The summed E-state index contributed by atoms with van der Waals surface area (Å²) in [5.74, 6) is -1.36. The van der Waals surface area contributed by atoms with Crippen LogP contribution in [0.1, 0.15) is 184 Å². The predicted octanol–water partition coefficient (Wildman–Crippen LogP) is 16.3. The topological polar surface area (TPSA) is 132 Å². The highest BCUT2D eigenvalue weighted by Gasteiger charge is 2.31. The largest absolute Gasteiger partial charge is 0.406 e. The molecule has 0 saturated heterocycles. The number of nitrogens with one attached hydrogen (secondary N) is 2. The second kappa shape index (κ2) is 27.3. The summed E-state index contributed by atoms with van der Waals surface area (Å²) >= 11 is 21.0. The fraction of sp³-hybridized carbons (Fsp3) is 0.456. The molecule has 2 N–H and O–H groups in total. The normalized spacial score (nSPS) is 11.6. The quantitative estimate of drug-likeness (QED) is 0.0302. The van der Waals surface area contributed by atoms with Crippen LogP contribution in [0.3, 0.4) is 0 Å². The van der Waals surface area contributed by atoms with Crippen LogP contribution < -0.4 is 25.3 Å². The molecular formula is C57H72Cl3N5O6S. The molecule has 0 aliphatic heterocycles. The molecule has 3 amide bonds. The molecule has 1 heterocycles. The van der Waals surface area contributed by atoms with E-state index in [2.05, 4.69) is 65.2 Å². The molecule has 0 unspecified atom stereocenters. The molecular weight excluding hydrogens is 989 g/mol. The number of aromatic nitrogens is 2. The van der Waals surface area contributed by atoms with Crippen LogP contribution in [-0.4, -0.2) is 40.0 Å². The first kappa shape index (κ1) is 57.9. The van der Waals surface area contributed by atoms with Crippen LogP contribution in [0, 0.1) is 0 Å². The van der Waals surface area contributed by atoms with Gasteiger partial charge in [0.2, 0.25) is 5.88 Å². The highest BCUT2D eigenvalue weighted by atomic mass is 35.5. The van der Waals surface area contributed by atoms with Crippen LogP contribution in [0.25, 0.3) is 5.69 Å². The lowest BCUT2D eigenvalue weighted by Gasteiger charge is -2.32. The number of unbranched alkanes of at least 4 members (excludes halogenated alkanes) is 9. The Balaban J connectivity index is 1.48. The summed E-state index contributed by atoms with van der Waals surface area (Å²) in [6.07, 6.45) is 14.3. The van der Waals surface area contributed by atoms with Crippen molar-refractivity contribution in [1.82, 2.24) is 15.1 Å². The second-order valence-electron chi connectivity index (χ2n) is 19.5. The molecule has 5 aromatic rings. The minimum atomic E-state index is -0.606. The third kappa shape index (κ3) is 15.7. The number of ether oxygens (including phenoxy) is 1. The molecule has 72 heavy (non-hydrogen) atoms. The Hall–Kier alpha value is -5.01. The summed E-state index contributed by atoms with van der Waals surface area (Å²) < 4.78 is 7.32. The number of rotatable bonds is 27. The smallest absolute Gasteiger partial charge is 0.312 e. The van der Waals surface area contributed by atoms with Crippen molar-refractivity contribution >= 4 is 81.8 Å². The number of nitrogens with zero attached hydrogens (tertiary/aromatic N) is 3. The van der Waals surface area contributed by atoms with E-state index in [1.807, 2.05) is 19.1 Å². The van der Waals surface area contributed by atoms with Crippen LogP contribution in [0.4, 0.5) is 11.5 Å². The van der Waals surface area contributed by atoms with Crippen molar-refractivity contribution in [3.05, 3.63) is 116 Å². The highest BCUT2D eigenvalue weighted by Crippen LogP contribution is 2.45. The molecule has 5 rings (SSSR count). The zero-order chi connectivity index (χ0) is 52.6. The summed E-state index contributed by atoms with van der Waals surface area (Å²) in [7, 11) is 0. The molecule has 4 aromatic carbocycles. The van der Waals surface area contributed by atoms with Gasteiger partial charge in [-0.25, -0.2) is 0 Å². The van der Waals surface area contributed by atoms with E-state index in [0.717, 1.165) is 49.4 Å². The van der Waals surface area contributed by atoms with E-state index in [9.17, 15) is 19.2 Å². The number of benzene rings is 4. The van der Waals surface area contributed by atoms with E-state index < -0.39 is 17.8 Å². The van der Waals surface area contributed by atoms with Gasteiger partial charge < -0.3 is 20.2 Å². The van der Waals surface area contributed by atoms with Gasteiger partial charge in [0.1, 0.15) is 10.6 Å². The van der Waals surface area contributed by atoms with Gasteiger partial charge in [0, 0.05) is 46.5 Å². The van der Waals surface area contributed by atoms with Crippen molar-refractivity contribution in [2.24, 2.45) is 0 Å². The van der Waals surface area contributed by atoms with E-state index in [1.165, 1.54) is 79.3 Å². The number of hydroxylamine groups is 1. The van der Waals surface area contributed by atoms with Gasteiger partial charge in [0.15, 0.2) is 11.6 Å². The fourth-order valence-corrected chi connectivity index (χ4v) is 9.89. The molecule has 0 spiro atoms. The first-order valence-corrected chi connectivity index (χ1v) is 27.4. The molecule has 0 aliphatic rings. The molecule has 15 heteroatoms. The number of amides is 3. The molecule has 0 bridgehead atoms. The van der Waals surface area contributed by atoms with E-state index in [-0.39, 0.29) is 66.1 Å². The van der Waals surface area contributed by atoms with Gasteiger partial charge in [0.05, 0.1) is 15.7 Å². The standard InChI is InChI=1S/C57H72Cl3N5O6S/c1-10-14-15-16-17-18-19-20-21-22-32-61-53(68)40-27-24-29-44(34-40)72-51-52(63-64(55(51)70-49(67)25-11-2)50-46(59)36-42(58)37-47(50)60)62-54(69)39-26-23-28-43(33-39)65(38(5)66)71-48-31-30-41(56(6,7)12-3)35-45(48)57(8,9)13-4/h23-24,26-31,33-37H,10-22,25,32H2,1-9H3,(H,61,68)(H,62,63,69). The minimum absolute atomic E-state index is 0.00574. The van der Waals surface area contributed by atoms with E-state index in [4.69, 9.17) is 49.5 Å². The summed E-state index contributed by atoms with van der Waals surface area (Å²) in [5, 5.41) is 12.4. The summed E-state index contributed by atoms with van der Waals surface area (Å²) in [5.41, 5.74) is 2.81. The van der Waals surface area contributed by atoms with Gasteiger partial charge in [-0.2, -0.15) is 4.68 Å². The van der Waals surface area contributed by atoms with Gasteiger partial charge in [0.25, 0.3) is 17.7 Å². The SMILES string of the molecule is CCCCCCCCCCCCNC(=O)c1cccc(Sc2c(NC(=O)c3cccc(N(Oc4ccc(C(C)(C)CC)cc4C(C)(C)CC)C(C)=O)c3)nn(-c3c(Cl)cc(Cl)cc3Cl)c2OC(=O)CCC)c1. The molecule has 0 fully saturated rings. The molecule has 0 aliphatic carbocycles. The molecule has 1 aromatic heterocycles. The lowest BCUT2D eigenvalue weighted by Crippen LogP contribution is -2.33. The Morgan fingerprint density at radius 3 is 1.93 bits per heavy atom. The maximum Gasteiger partial charge on any atom is 0.312 e. The summed E-state index contributed by atoms with van der Waals surface area (Å²) in [6.45, 7) is 19.0. The van der Waals surface area contributed by atoms with Crippen molar-refractivity contribution < 1.29 is 28.8 Å².